The smallest absolute Gasteiger partial charge is 0.227 e. The Morgan fingerprint density at radius 2 is 2.28 bits per heavy atom. The number of benzene rings is 1. The number of amides is 1. The highest BCUT2D eigenvalue weighted by molar-refractivity contribution is 9.10. The van der Waals surface area contributed by atoms with E-state index in [1.807, 2.05) is 36.2 Å². The lowest BCUT2D eigenvalue weighted by molar-refractivity contribution is -0.131. The number of halogens is 1. The second kappa shape index (κ2) is 6.34. The van der Waals surface area contributed by atoms with Crippen LogP contribution >= 0.6 is 15.9 Å². The Morgan fingerprint density at radius 1 is 1.50 bits per heavy atom. The number of carbonyl (C=O) groups excluding carboxylic acids is 1. The number of hydrogen-bond donors (Lipinski definition) is 1. The van der Waals surface area contributed by atoms with E-state index in [2.05, 4.69) is 21.2 Å². The predicted octanol–water partition coefficient (Wildman–Crippen LogP) is 2.20. The third-order valence-corrected chi connectivity index (χ3v) is 4.21. The molecule has 4 heteroatoms. The van der Waals surface area contributed by atoms with Crippen molar-refractivity contribution >= 4 is 21.8 Å². The predicted molar refractivity (Wildman–Crippen MR) is 76.5 cm³/mol. The molecule has 1 atom stereocenters. The van der Waals surface area contributed by atoms with Crippen molar-refractivity contribution in [3.8, 4) is 0 Å². The molecule has 1 aromatic rings. The molecule has 3 nitrogen and oxygen atoms in total. The van der Waals surface area contributed by atoms with Crippen molar-refractivity contribution in [2.24, 2.45) is 0 Å². The van der Waals surface area contributed by atoms with Gasteiger partial charge in [0.15, 0.2) is 0 Å². The van der Waals surface area contributed by atoms with E-state index < -0.39 is 0 Å². The Bertz CT molecular complexity index is 422. The molecule has 1 heterocycles. The Morgan fingerprint density at radius 3 is 3.00 bits per heavy atom. The van der Waals surface area contributed by atoms with Gasteiger partial charge in [0.05, 0.1) is 6.42 Å². The number of rotatable bonds is 4. The Balaban J connectivity index is 2.01. The Hall–Kier alpha value is -0.870. The lowest BCUT2D eigenvalue weighted by atomic mass is 10.1. The van der Waals surface area contributed by atoms with Crippen molar-refractivity contribution < 1.29 is 4.79 Å². The van der Waals surface area contributed by atoms with Crippen molar-refractivity contribution in [3.63, 3.8) is 0 Å². The first-order chi connectivity index (χ1) is 8.72. The van der Waals surface area contributed by atoms with Crippen molar-refractivity contribution in [2.45, 2.75) is 25.3 Å². The fraction of sp³-hybridized carbons (Fsp3) is 0.500. The molecule has 0 unspecified atom stereocenters. The van der Waals surface area contributed by atoms with Gasteiger partial charge in [0.1, 0.15) is 0 Å². The van der Waals surface area contributed by atoms with E-state index in [0.717, 1.165) is 36.0 Å². The minimum atomic E-state index is 0.236. The molecule has 0 spiro atoms. The van der Waals surface area contributed by atoms with Crippen LogP contribution < -0.4 is 5.32 Å². The molecule has 1 amide bonds. The molecule has 18 heavy (non-hydrogen) atoms. The van der Waals surface area contributed by atoms with E-state index in [0.29, 0.717) is 12.5 Å². The third kappa shape index (κ3) is 3.12. The minimum absolute atomic E-state index is 0.236. The third-order valence-electron chi connectivity index (χ3n) is 3.44. The summed E-state index contributed by atoms with van der Waals surface area (Å²) < 4.78 is 1.02. The molecule has 0 aromatic heterocycles. The van der Waals surface area contributed by atoms with Crippen LogP contribution in [0.5, 0.6) is 0 Å². The van der Waals surface area contributed by atoms with E-state index in [1.54, 1.807) is 0 Å². The van der Waals surface area contributed by atoms with Gasteiger partial charge >= 0.3 is 0 Å². The van der Waals surface area contributed by atoms with Crippen LogP contribution in [-0.2, 0) is 11.2 Å². The maximum atomic E-state index is 12.3. The topological polar surface area (TPSA) is 32.3 Å². The number of carbonyl (C=O) groups is 1. The van der Waals surface area contributed by atoms with Crippen LogP contribution in [0.4, 0.5) is 0 Å². The summed E-state index contributed by atoms with van der Waals surface area (Å²) in [5, 5.41) is 3.17. The summed E-state index contributed by atoms with van der Waals surface area (Å²) in [7, 11) is 1.94. The van der Waals surface area contributed by atoms with Crippen LogP contribution in [0.2, 0.25) is 0 Å². The molecule has 1 fully saturated rings. The maximum Gasteiger partial charge on any atom is 0.227 e. The summed E-state index contributed by atoms with van der Waals surface area (Å²) in [5.74, 6) is 0.236. The van der Waals surface area contributed by atoms with Gasteiger partial charge in [0.25, 0.3) is 0 Å². The van der Waals surface area contributed by atoms with Crippen LogP contribution in [0.25, 0.3) is 0 Å². The number of likely N-dealkylation sites (N-methyl/N-ethyl adjacent to an activating group) is 1. The standard InChI is InChI=1S/C14H19BrN2O/c1-16-10-12-6-4-8-17(12)14(18)9-11-5-2-3-7-13(11)15/h2-3,5,7,12,16H,4,6,8-10H2,1H3/t12-/m1/s1. The zero-order chi connectivity index (χ0) is 13.0. The molecule has 98 valence electrons. The molecular formula is C14H19BrN2O. The largest absolute Gasteiger partial charge is 0.338 e. The first-order valence-corrected chi connectivity index (χ1v) is 7.19. The zero-order valence-electron chi connectivity index (χ0n) is 10.7. The highest BCUT2D eigenvalue weighted by Crippen LogP contribution is 2.21. The molecule has 0 bridgehead atoms. The molecule has 0 aliphatic carbocycles. The SMILES string of the molecule is CNC[C@H]1CCCN1C(=O)Cc1ccccc1Br. The summed E-state index contributed by atoms with van der Waals surface area (Å²) in [4.78, 5) is 14.4. The van der Waals surface area contributed by atoms with Crippen molar-refractivity contribution in [3.05, 3.63) is 34.3 Å². The van der Waals surface area contributed by atoms with Crippen LogP contribution in [0.15, 0.2) is 28.7 Å². The highest BCUT2D eigenvalue weighted by Gasteiger charge is 2.27. The number of nitrogens with zero attached hydrogens (tertiary/aromatic N) is 1. The van der Waals surface area contributed by atoms with Gasteiger partial charge < -0.3 is 10.2 Å². The van der Waals surface area contributed by atoms with E-state index in [4.69, 9.17) is 0 Å². The average molecular weight is 311 g/mol. The summed E-state index contributed by atoms with van der Waals surface area (Å²) >= 11 is 3.50. The molecule has 1 aliphatic rings. The van der Waals surface area contributed by atoms with Gasteiger partial charge in [-0.2, -0.15) is 0 Å². The number of nitrogens with one attached hydrogen (secondary N) is 1. The molecule has 0 saturated carbocycles. The Labute approximate surface area is 117 Å². The first kappa shape index (κ1) is 13.6. The second-order valence-electron chi connectivity index (χ2n) is 4.71. The fourth-order valence-corrected chi connectivity index (χ4v) is 2.94. The lowest BCUT2D eigenvalue weighted by Gasteiger charge is -2.24. The van der Waals surface area contributed by atoms with Gasteiger partial charge in [-0.3, -0.25) is 4.79 Å². The second-order valence-corrected chi connectivity index (χ2v) is 5.56. The van der Waals surface area contributed by atoms with Crippen LogP contribution in [-0.4, -0.2) is 37.0 Å². The number of hydrogen-bond acceptors (Lipinski definition) is 2. The van der Waals surface area contributed by atoms with E-state index in [-0.39, 0.29) is 5.91 Å². The van der Waals surface area contributed by atoms with Gasteiger partial charge in [-0.25, -0.2) is 0 Å². The minimum Gasteiger partial charge on any atom is -0.338 e. The summed E-state index contributed by atoms with van der Waals surface area (Å²) in [6, 6.07) is 8.30. The first-order valence-electron chi connectivity index (χ1n) is 6.40. The van der Waals surface area contributed by atoms with E-state index in [1.165, 1.54) is 0 Å². The van der Waals surface area contributed by atoms with Gasteiger partial charge in [-0.05, 0) is 31.5 Å². The van der Waals surface area contributed by atoms with E-state index in [9.17, 15) is 4.79 Å². The monoisotopic (exact) mass is 310 g/mol. The highest BCUT2D eigenvalue weighted by atomic mass is 79.9. The fourth-order valence-electron chi connectivity index (χ4n) is 2.52. The van der Waals surface area contributed by atoms with Gasteiger partial charge in [0.2, 0.25) is 5.91 Å². The van der Waals surface area contributed by atoms with Gasteiger partial charge in [0, 0.05) is 23.6 Å². The van der Waals surface area contributed by atoms with Crippen molar-refractivity contribution in [1.29, 1.82) is 0 Å². The molecular weight excluding hydrogens is 292 g/mol. The van der Waals surface area contributed by atoms with E-state index >= 15 is 0 Å². The summed E-state index contributed by atoms with van der Waals surface area (Å²) in [6.07, 6.45) is 2.72. The molecule has 0 radical (unpaired) electrons. The zero-order valence-corrected chi connectivity index (χ0v) is 12.2. The van der Waals surface area contributed by atoms with Crippen molar-refractivity contribution in [2.75, 3.05) is 20.1 Å². The summed E-state index contributed by atoms with van der Waals surface area (Å²) in [5.41, 5.74) is 1.07. The molecule has 1 aliphatic heterocycles. The average Bonchev–Trinajstić information content (AvgIpc) is 2.81. The van der Waals surface area contributed by atoms with Crippen LogP contribution in [0.3, 0.4) is 0 Å². The van der Waals surface area contributed by atoms with Crippen LogP contribution in [0.1, 0.15) is 18.4 Å². The normalized spacial score (nSPS) is 19.2. The maximum absolute atomic E-state index is 12.3. The molecule has 1 aromatic carbocycles. The van der Waals surface area contributed by atoms with Crippen LogP contribution in [0, 0.1) is 0 Å². The molecule has 2 rings (SSSR count). The van der Waals surface area contributed by atoms with Gasteiger partial charge in [-0.1, -0.05) is 34.1 Å². The number of likely N-dealkylation sites (tertiary alicyclic amines) is 1. The molecule has 1 N–H and O–H groups in total. The quantitative estimate of drug-likeness (QED) is 0.924. The van der Waals surface area contributed by atoms with Crippen molar-refractivity contribution in [1.82, 2.24) is 10.2 Å². The Kier molecular flexibility index (Phi) is 4.78. The van der Waals surface area contributed by atoms with Gasteiger partial charge in [-0.15, -0.1) is 0 Å². The lowest BCUT2D eigenvalue weighted by Crippen LogP contribution is -2.41. The summed E-state index contributed by atoms with van der Waals surface area (Å²) in [6.45, 7) is 1.79. The molecule has 1 saturated heterocycles.